The average Bonchev–Trinajstić information content (AvgIpc) is 2.58. The topological polar surface area (TPSA) is 35.5 Å². The third-order valence-corrected chi connectivity index (χ3v) is 4.68. The van der Waals surface area contributed by atoms with Crippen LogP contribution >= 0.6 is 22.6 Å². The quantitative estimate of drug-likeness (QED) is 0.440. The summed E-state index contributed by atoms with van der Waals surface area (Å²) in [7, 11) is 1.46. The van der Waals surface area contributed by atoms with Gasteiger partial charge in [0.15, 0.2) is 0 Å². The summed E-state index contributed by atoms with van der Waals surface area (Å²) in [6.07, 6.45) is -5.95. The van der Waals surface area contributed by atoms with Crippen LogP contribution in [0, 0.1) is 9.49 Å². The van der Waals surface area contributed by atoms with E-state index >= 15 is 0 Å². The molecule has 2 rings (SSSR count). The molecule has 0 radical (unpaired) electrons. The van der Waals surface area contributed by atoms with E-state index in [0.717, 1.165) is 6.92 Å². The first-order valence-corrected chi connectivity index (χ1v) is 8.48. The number of carbonyl (C=O) groups excluding carboxylic acids is 1. The second-order valence-electron chi connectivity index (χ2n) is 5.41. The Morgan fingerprint density at radius 1 is 1.08 bits per heavy atom. The number of ether oxygens (including phenoxy) is 2. The standard InChI is InChI=1S/C18H16F3IO3/c1-11(18(19,20)21)16(12-7-9-13(24-2)10-8-12)25-17(23)14-5-3-4-6-15(14)22/h3-11,16H,1-2H3/t11-,16+/m0/s1. The minimum Gasteiger partial charge on any atom is -0.497 e. The van der Waals surface area contributed by atoms with Crippen LogP contribution in [-0.2, 0) is 4.74 Å². The van der Waals surface area contributed by atoms with Crippen molar-refractivity contribution in [2.75, 3.05) is 7.11 Å². The Bertz CT molecular complexity index is 729. The lowest BCUT2D eigenvalue weighted by Crippen LogP contribution is -2.29. The predicted octanol–water partition coefficient (Wildman–Crippen LogP) is 5.40. The Hall–Kier alpha value is -1.77. The van der Waals surface area contributed by atoms with Gasteiger partial charge in [-0.3, -0.25) is 0 Å². The third kappa shape index (κ3) is 4.87. The molecule has 0 aliphatic carbocycles. The van der Waals surface area contributed by atoms with E-state index in [1.165, 1.54) is 37.4 Å². The van der Waals surface area contributed by atoms with Crippen molar-refractivity contribution in [1.82, 2.24) is 0 Å². The molecule has 0 saturated heterocycles. The van der Waals surface area contributed by atoms with Crippen LogP contribution in [0.4, 0.5) is 13.2 Å². The SMILES string of the molecule is COc1ccc([C@H](OC(=O)c2ccccc2I)[C@H](C)C(F)(F)F)cc1. The Kier molecular flexibility index (Phi) is 6.31. The largest absolute Gasteiger partial charge is 0.497 e. The summed E-state index contributed by atoms with van der Waals surface area (Å²) in [4.78, 5) is 12.4. The Balaban J connectivity index is 2.34. The van der Waals surface area contributed by atoms with Gasteiger partial charge in [-0.25, -0.2) is 4.79 Å². The number of benzene rings is 2. The highest BCUT2D eigenvalue weighted by atomic mass is 127. The molecule has 2 atom stereocenters. The smallest absolute Gasteiger partial charge is 0.395 e. The van der Waals surface area contributed by atoms with Crippen molar-refractivity contribution >= 4 is 28.6 Å². The van der Waals surface area contributed by atoms with Crippen LogP contribution in [0.1, 0.15) is 28.9 Å². The molecule has 3 nitrogen and oxygen atoms in total. The van der Waals surface area contributed by atoms with E-state index in [4.69, 9.17) is 9.47 Å². The molecule has 0 aliphatic heterocycles. The lowest BCUT2D eigenvalue weighted by Gasteiger charge is -2.26. The fourth-order valence-electron chi connectivity index (χ4n) is 2.23. The van der Waals surface area contributed by atoms with Crippen LogP contribution in [0.25, 0.3) is 0 Å². The van der Waals surface area contributed by atoms with E-state index < -0.39 is 24.2 Å². The summed E-state index contributed by atoms with van der Waals surface area (Å²) in [5.41, 5.74) is 0.487. The van der Waals surface area contributed by atoms with Crippen LogP contribution in [0.3, 0.4) is 0 Å². The van der Waals surface area contributed by atoms with Crippen molar-refractivity contribution in [3.05, 3.63) is 63.2 Å². The van der Waals surface area contributed by atoms with Crippen molar-refractivity contribution in [1.29, 1.82) is 0 Å². The Labute approximate surface area is 157 Å². The van der Waals surface area contributed by atoms with Crippen molar-refractivity contribution in [2.45, 2.75) is 19.2 Å². The van der Waals surface area contributed by atoms with Crippen LogP contribution in [0.15, 0.2) is 48.5 Å². The zero-order chi connectivity index (χ0) is 18.6. The first-order chi connectivity index (χ1) is 11.7. The molecule has 0 aromatic heterocycles. The summed E-state index contributed by atoms with van der Waals surface area (Å²) >= 11 is 1.94. The molecule has 25 heavy (non-hydrogen) atoms. The monoisotopic (exact) mass is 464 g/mol. The summed E-state index contributed by atoms with van der Waals surface area (Å²) in [6, 6.07) is 12.6. The fourth-order valence-corrected chi connectivity index (χ4v) is 2.84. The van der Waals surface area contributed by atoms with Gasteiger partial charge in [-0.15, -0.1) is 0 Å². The number of alkyl halides is 3. The van der Waals surface area contributed by atoms with E-state index in [-0.39, 0.29) is 11.1 Å². The highest BCUT2D eigenvalue weighted by Crippen LogP contribution is 2.39. The number of methoxy groups -OCH3 is 1. The van der Waals surface area contributed by atoms with E-state index in [1.807, 2.05) is 22.6 Å². The van der Waals surface area contributed by atoms with Crippen LogP contribution in [0.5, 0.6) is 5.75 Å². The molecule has 0 spiro atoms. The molecule has 2 aromatic carbocycles. The summed E-state index contributed by atoms with van der Waals surface area (Å²) in [5.74, 6) is -2.14. The molecule has 0 heterocycles. The predicted molar refractivity (Wildman–Crippen MR) is 95.5 cm³/mol. The first-order valence-electron chi connectivity index (χ1n) is 7.40. The number of hydrogen-bond donors (Lipinski definition) is 0. The number of rotatable bonds is 5. The molecular weight excluding hydrogens is 448 g/mol. The normalized spacial score (nSPS) is 13.8. The maximum absolute atomic E-state index is 13.2. The zero-order valence-electron chi connectivity index (χ0n) is 13.5. The van der Waals surface area contributed by atoms with Gasteiger partial charge in [0.2, 0.25) is 0 Å². The second kappa shape index (κ2) is 8.07. The highest BCUT2D eigenvalue weighted by Gasteiger charge is 2.44. The molecule has 0 fully saturated rings. The molecule has 2 aromatic rings. The maximum atomic E-state index is 13.2. The molecule has 7 heteroatoms. The van der Waals surface area contributed by atoms with Crippen LogP contribution < -0.4 is 4.74 Å². The molecule has 134 valence electrons. The molecule has 0 saturated carbocycles. The molecule has 0 N–H and O–H groups in total. The van der Waals surface area contributed by atoms with Crippen molar-refractivity contribution in [3.8, 4) is 5.75 Å². The lowest BCUT2D eigenvalue weighted by atomic mass is 9.96. The maximum Gasteiger partial charge on any atom is 0.395 e. The van der Waals surface area contributed by atoms with Crippen LogP contribution in [-0.4, -0.2) is 19.3 Å². The molecule has 0 amide bonds. The number of carbonyl (C=O) groups is 1. The number of hydrogen-bond acceptors (Lipinski definition) is 3. The van der Waals surface area contributed by atoms with Gasteiger partial charge in [0.05, 0.1) is 18.6 Å². The van der Waals surface area contributed by atoms with Crippen molar-refractivity contribution in [3.63, 3.8) is 0 Å². The summed E-state index contributed by atoms with van der Waals surface area (Å²) in [5, 5.41) is 0. The second-order valence-corrected chi connectivity index (χ2v) is 6.57. The Morgan fingerprint density at radius 3 is 2.20 bits per heavy atom. The number of halogens is 4. The van der Waals surface area contributed by atoms with Gasteiger partial charge in [-0.05, 0) is 59.3 Å². The summed E-state index contributed by atoms with van der Waals surface area (Å²) in [6.45, 7) is 0.998. The fraction of sp³-hybridized carbons (Fsp3) is 0.278. The Morgan fingerprint density at radius 2 is 1.68 bits per heavy atom. The van der Waals surface area contributed by atoms with E-state index in [1.54, 1.807) is 18.2 Å². The minimum atomic E-state index is -4.51. The molecule has 0 bridgehead atoms. The van der Waals surface area contributed by atoms with Gasteiger partial charge in [-0.1, -0.05) is 24.3 Å². The van der Waals surface area contributed by atoms with Gasteiger partial charge in [0, 0.05) is 3.57 Å². The van der Waals surface area contributed by atoms with Gasteiger partial charge in [0.1, 0.15) is 11.9 Å². The summed E-state index contributed by atoms with van der Waals surface area (Å²) < 4.78 is 50.6. The molecule has 0 aliphatic rings. The number of esters is 1. The first kappa shape index (κ1) is 19.6. The van der Waals surface area contributed by atoms with Crippen LogP contribution in [0.2, 0.25) is 0 Å². The van der Waals surface area contributed by atoms with Gasteiger partial charge in [0.25, 0.3) is 0 Å². The van der Waals surface area contributed by atoms with E-state index in [9.17, 15) is 18.0 Å². The lowest BCUT2D eigenvalue weighted by molar-refractivity contribution is -0.195. The minimum absolute atomic E-state index is 0.232. The van der Waals surface area contributed by atoms with Crippen molar-refractivity contribution < 1.29 is 27.4 Å². The van der Waals surface area contributed by atoms with E-state index in [0.29, 0.717) is 9.32 Å². The zero-order valence-corrected chi connectivity index (χ0v) is 15.7. The van der Waals surface area contributed by atoms with Gasteiger partial charge in [-0.2, -0.15) is 13.2 Å². The average molecular weight is 464 g/mol. The highest BCUT2D eigenvalue weighted by molar-refractivity contribution is 14.1. The third-order valence-electron chi connectivity index (χ3n) is 3.74. The molecule has 0 unspecified atom stereocenters. The van der Waals surface area contributed by atoms with E-state index in [2.05, 4.69) is 0 Å². The molecular formula is C18H16F3IO3. The van der Waals surface area contributed by atoms with Gasteiger partial charge >= 0.3 is 12.1 Å². The van der Waals surface area contributed by atoms with Crippen molar-refractivity contribution in [2.24, 2.45) is 5.92 Å². The van der Waals surface area contributed by atoms with Gasteiger partial charge < -0.3 is 9.47 Å².